The summed E-state index contributed by atoms with van der Waals surface area (Å²) in [5, 5.41) is 1.20. The van der Waals surface area contributed by atoms with Crippen molar-refractivity contribution < 1.29 is 14.3 Å². The lowest BCUT2D eigenvalue weighted by atomic mass is 10.0. The second-order valence-corrected chi connectivity index (χ2v) is 10.4. The third-order valence-corrected chi connectivity index (χ3v) is 7.16. The van der Waals surface area contributed by atoms with Gasteiger partial charge in [-0.25, -0.2) is 0 Å². The fourth-order valence-electron chi connectivity index (χ4n) is 4.51. The van der Waals surface area contributed by atoms with Crippen molar-refractivity contribution in [1.29, 1.82) is 0 Å². The van der Waals surface area contributed by atoms with Gasteiger partial charge in [-0.1, -0.05) is 53.5 Å². The molecule has 3 aromatic carbocycles. The lowest BCUT2D eigenvalue weighted by molar-refractivity contribution is 0.103. The normalized spacial score (nSPS) is 14.4. The number of ketones is 1. The molecule has 0 saturated carbocycles. The molecule has 38 heavy (non-hydrogen) atoms. The molecule has 0 aromatic heterocycles. The predicted molar refractivity (Wildman–Crippen MR) is 154 cm³/mol. The summed E-state index contributed by atoms with van der Waals surface area (Å²) in [6.45, 7) is 7.88. The van der Waals surface area contributed by atoms with Crippen LogP contribution in [0, 0.1) is 6.07 Å². The zero-order chi connectivity index (χ0) is 26.6. The molecule has 4 rings (SSSR count). The Morgan fingerprint density at radius 2 is 1.39 bits per heavy atom. The SMILES string of the molecule is O=C(c1ccccc1)c1cc(Cl)ccc1OCCCCN1CCN(CCCCOc2[c]cc(Cl)cc2)CC1. The lowest BCUT2D eigenvalue weighted by Crippen LogP contribution is -2.46. The Morgan fingerprint density at radius 3 is 2.03 bits per heavy atom. The molecule has 0 aliphatic carbocycles. The summed E-state index contributed by atoms with van der Waals surface area (Å²) in [6.07, 6.45) is 4.16. The summed E-state index contributed by atoms with van der Waals surface area (Å²) in [5.41, 5.74) is 1.14. The zero-order valence-electron chi connectivity index (χ0n) is 21.7. The van der Waals surface area contributed by atoms with Crippen LogP contribution in [0.15, 0.2) is 66.7 Å². The minimum absolute atomic E-state index is 0.0754. The molecule has 0 unspecified atom stereocenters. The zero-order valence-corrected chi connectivity index (χ0v) is 23.2. The van der Waals surface area contributed by atoms with E-state index in [1.165, 1.54) is 0 Å². The van der Waals surface area contributed by atoms with Crippen molar-refractivity contribution >= 4 is 29.0 Å². The number of halogens is 2. The van der Waals surface area contributed by atoms with Crippen LogP contribution in [0.4, 0.5) is 0 Å². The Bertz CT molecular complexity index is 1130. The van der Waals surface area contributed by atoms with E-state index < -0.39 is 0 Å². The fraction of sp³-hybridized carbons (Fsp3) is 0.387. The molecule has 1 saturated heterocycles. The molecule has 1 aliphatic rings. The first-order valence-electron chi connectivity index (χ1n) is 13.4. The van der Waals surface area contributed by atoms with Crippen LogP contribution in [0.2, 0.25) is 10.0 Å². The highest BCUT2D eigenvalue weighted by Gasteiger charge is 2.17. The first kappa shape index (κ1) is 28.4. The molecular formula is C31H35Cl2N2O3. The molecule has 0 spiro atoms. The highest BCUT2D eigenvalue weighted by Crippen LogP contribution is 2.26. The van der Waals surface area contributed by atoms with Crippen molar-refractivity contribution in [1.82, 2.24) is 9.80 Å². The molecule has 1 heterocycles. The van der Waals surface area contributed by atoms with Crippen molar-refractivity contribution in [3.8, 4) is 11.5 Å². The van der Waals surface area contributed by atoms with Gasteiger partial charge in [-0.2, -0.15) is 0 Å². The highest BCUT2D eigenvalue weighted by atomic mass is 35.5. The molecule has 0 N–H and O–H groups in total. The van der Waals surface area contributed by atoms with Crippen molar-refractivity contribution in [2.24, 2.45) is 0 Å². The van der Waals surface area contributed by atoms with Crippen LogP contribution >= 0.6 is 23.2 Å². The Morgan fingerprint density at radius 1 is 0.763 bits per heavy atom. The van der Waals surface area contributed by atoms with Crippen LogP contribution < -0.4 is 9.47 Å². The smallest absolute Gasteiger partial charge is 0.196 e. The number of benzene rings is 3. The average Bonchev–Trinajstić information content (AvgIpc) is 2.95. The molecule has 0 atom stereocenters. The topological polar surface area (TPSA) is 42.0 Å². The quantitative estimate of drug-likeness (QED) is 0.165. The van der Waals surface area contributed by atoms with Crippen LogP contribution in [0.5, 0.6) is 11.5 Å². The summed E-state index contributed by atoms with van der Waals surface area (Å²) in [4.78, 5) is 18.0. The van der Waals surface area contributed by atoms with E-state index in [0.717, 1.165) is 70.7 Å². The molecule has 201 valence electrons. The number of ether oxygens (including phenoxy) is 2. The van der Waals surface area contributed by atoms with E-state index in [9.17, 15) is 4.79 Å². The maximum atomic E-state index is 12.9. The van der Waals surface area contributed by atoms with Gasteiger partial charge in [0.05, 0.1) is 18.8 Å². The van der Waals surface area contributed by atoms with E-state index in [1.807, 2.05) is 42.5 Å². The number of unbranched alkanes of at least 4 members (excludes halogenated alkanes) is 2. The van der Waals surface area contributed by atoms with Gasteiger partial charge in [-0.05, 0) is 75.2 Å². The van der Waals surface area contributed by atoms with Crippen molar-refractivity contribution in [3.63, 3.8) is 0 Å². The predicted octanol–water partition coefficient (Wildman–Crippen LogP) is 6.66. The fourth-order valence-corrected chi connectivity index (χ4v) is 4.80. The van der Waals surface area contributed by atoms with Gasteiger partial charge in [0.15, 0.2) is 5.78 Å². The van der Waals surface area contributed by atoms with Gasteiger partial charge < -0.3 is 19.3 Å². The van der Waals surface area contributed by atoms with Gasteiger partial charge in [-0.3, -0.25) is 4.79 Å². The van der Waals surface area contributed by atoms with E-state index in [0.29, 0.717) is 40.1 Å². The number of carbonyl (C=O) groups excluding carboxylic acids is 1. The maximum Gasteiger partial charge on any atom is 0.196 e. The van der Waals surface area contributed by atoms with E-state index >= 15 is 0 Å². The van der Waals surface area contributed by atoms with E-state index in [2.05, 4.69) is 15.9 Å². The summed E-state index contributed by atoms with van der Waals surface area (Å²) < 4.78 is 11.7. The van der Waals surface area contributed by atoms with Crippen LogP contribution in [0.3, 0.4) is 0 Å². The number of carbonyl (C=O) groups is 1. The monoisotopic (exact) mass is 553 g/mol. The van der Waals surface area contributed by atoms with Crippen LogP contribution in [0.25, 0.3) is 0 Å². The molecule has 1 aliphatic heterocycles. The second kappa shape index (κ2) is 15.1. The second-order valence-electron chi connectivity index (χ2n) is 9.50. The number of hydrogen-bond donors (Lipinski definition) is 0. The minimum atomic E-state index is -0.0754. The summed E-state index contributed by atoms with van der Waals surface area (Å²) >= 11 is 12.0. The molecule has 1 fully saturated rings. The first-order chi connectivity index (χ1) is 18.6. The van der Waals surface area contributed by atoms with Gasteiger partial charge >= 0.3 is 0 Å². The van der Waals surface area contributed by atoms with Gasteiger partial charge in [0, 0.05) is 47.9 Å². The minimum Gasteiger partial charge on any atom is -0.493 e. The van der Waals surface area contributed by atoms with Gasteiger partial charge in [0.2, 0.25) is 0 Å². The van der Waals surface area contributed by atoms with E-state index in [4.69, 9.17) is 32.7 Å². The van der Waals surface area contributed by atoms with Crippen molar-refractivity contribution in [3.05, 3.63) is 94.0 Å². The first-order valence-corrected chi connectivity index (χ1v) is 14.1. The molecule has 0 bridgehead atoms. The third-order valence-electron chi connectivity index (χ3n) is 6.69. The molecule has 1 radical (unpaired) electrons. The largest absolute Gasteiger partial charge is 0.493 e. The van der Waals surface area contributed by atoms with Gasteiger partial charge in [-0.15, -0.1) is 0 Å². The molecule has 3 aromatic rings. The standard InChI is InChI=1S/C31H35Cl2N2O3/c32-26-10-13-28(14-11-26)37-22-6-4-16-34-18-20-35(21-19-34)17-5-7-23-38-30-15-12-27(33)24-29(30)31(36)25-8-2-1-3-9-25/h1-3,8-13,15,24H,4-7,16-23H2. The number of rotatable bonds is 14. The Kier molecular flexibility index (Phi) is 11.3. The van der Waals surface area contributed by atoms with Crippen LogP contribution in [-0.4, -0.2) is 68.1 Å². The maximum absolute atomic E-state index is 12.9. The highest BCUT2D eigenvalue weighted by molar-refractivity contribution is 6.31. The Labute approximate surface area is 236 Å². The van der Waals surface area contributed by atoms with Crippen LogP contribution in [0.1, 0.15) is 41.6 Å². The summed E-state index contributed by atoms with van der Waals surface area (Å²) in [5.74, 6) is 1.27. The Balaban J connectivity index is 1.08. The molecular weight excluding hydrogens is 519 g/mol. The average molecular weight is 555 g/mol. The van der Waals surface area contributed by atoms with Gasteiger partial charge in [0.25, 0.3) is 0 Å². The van der Waals surface area contributed by atoms with Crippen LogP contribution in [-0.2, 0) is 0 Å². The van der Waals surface area contributed by atoms with Crippen molar-refractivity contribution in [2.45, 2.75) is 25.7 Å². The molecule has 7 heteroatoms. The van der Waals surface area contributed by atoms with E-state index in [-0.39, 0.29) is 5.78 Å². The van der Waals surface area contributed by atoms with Gasteiger partial charge in [0.1, 0.15) is 11.5 Å². The number of nitrogens with zero attached hydrogens (tertiary/aromatic N) is 2. The number of piperazine rings is 1. The summed E-state index contributed by atoms with van der Waals surface area (Å²) in [7, 11) is 0. The Hall–Kier alpha value is -2.57. The lowest BCUT2D eigenvalue weighted by Gasteiger charge is -2.34. The van der Waals surface area contributed by atoms with E-state index in [1.54, 1.807) is 24.3 Å². The van der Waals surface area contributed by atoms with Crippen molar-refractivity contribution in [2.75, 3.05) is 52.5 Å². The molecule has 5 nitrogen and oxygen atoms in total. The summed E-state index contributed by atoms with van der Waals surface area (Å²) in [6, 6.07) is 22.9. The third kappa shape index (κ3) is 9.02. The number of hydrogen-bond acceptors (Lipinski definition) is 5. The molecule has 0 amide bonds.